The lowest BCUT2D eigenvalue weighted by atomic mass is 10.1. The first-order valence-electron chi connectivity index (χ1n) is 4.27. The molecule has 4 heteroatoms. The first-order chi connectivity index (χ1) is 6.16. The molecule has 0 atom stereocenters. The summed E-state index contributed by atoms with van der Waals surface area (Å²) in [4.78, 5) is 15.1. The minimum atomic E-state index is -0.417. The first kappa shape index (κ1) is 9.77. The first-order valence-corrected chi connectivity index (χ1v) is 4.27. The van der Waals surface area contributed by atoms with Gasteiger partial charge in [-0.1, -0.05) is 13.8 Å². The second-order valence-electron chi connectivity index (χ2n) is 2.94. The van der Waals surface area contributed by atoms with Crippen LogP contribution in [0.5, 0.6) is 0 Å². The fourth-order valence-corrected chi connectivity index (χ4v) is 1.02. The average molecular weight is 183 g/mol. The smallest absolute Gasteiger partial charge is 0.360 e. The van der Waals surface area contributed by atoms with Crippen molar-refractivity contribution in [3.8, 4) is 0 Å². The van der Waals surface area contributed by atoms with Crippen molar-refractivity contribution in [3.63, 3.8) is 0 Å². The van der Waals surface area contributed by atoms with Crippen LogP contribution in [-0.2, 0) is 4.74 Å². The van der Waals surface area contributed by atoms with E-state index in [1.54, 1.807) is 6.92 Å². The van der Waals surface area contributed by atoms with Gasteiger partial charge >= 0.3 is 5.97 Å². The molecule has 0 bridgehead atoms. The van der Waals surface area contributed by atoms with Crippen LogP contribution in [0.1, 0.15) is 42.9 Å². The summed E-state index contributed by atoms with van der Waals surface area (Å²) in [6, 6.07) is 0. The summed E-state index contributed by atoms with van der Waals surface area (Å²) in [6.07, 6.45) is 1.27. The molecule has 0 N–H and O–H groups in total. The molecule has 1 aromatic rings. The van der Waals surface area contributed by atoms with Crippen molar-refractivity contribution in [2.75, 3.05) is 6.61 Å². The lowest BCUT2D eigenvalue weighted by molar-refractivity contribution is 0.0517. The van der Waals surface area contributed by atoms with Gasteiger partial charge in [0.15, 0.2) is 12.1 Å². The molecule has 4 nitrogen and oxygen atoms in total. The molecule has 72 valence electrons. The normalized spacial score (nSPS) is 10.5. The fourth-order valence-electron chi connectivity index (χ4n) is 1.02. The van der Waals surface area contributed by atoms with E-state index in [-0.39, 0.29) is 11.6 Å². The number of rotatable bonds is 3. The Morgan fingerprint density at radius 1 is 1.69 bits per heavy atom. The minimum Gasteiger partial charge on any atom is -0.461 e. The summed E-state index contributed by atoms with van der Waals surface area (Å²) in [5, 5.41) is 0. The molecule has 0 radical (unpaired) electrons. The summed E-state index contributed by atoms with van der Waals surface area (Å²) in [5.41, 5.74) is 0.289. The van der Waals surface area contributed by atoms with Crippen LogP contribution in [0.3, 0.4) is 0 Å². The minimum absolute atomic E-state index is 0.141. The topological polar surface area (TPSA) is 52.3 Å². The Labute approximate surface area is 76.9 Å². The van der Waals surface area contributed by atoms with Crippen molar-refractivity contribution in [3.05, 3.63) is 17.8 Å². The van der Waals surface area contributed by atoms with Crippen molar-refractivity contribution in [1.82, 2.24) is 4.98 Å². The van der Waals surface area contributed by atoms with Crippen molar-refractivity contribution in [2.45, 2.75) is 26.7 Å². The Hall–Kier alpha value is -1.32. The number of carbonyl (C=O) groups is 1. The number of hydrogen-bond acceptors (Lipinski definition) is 4. The summed E-state index contributed by atoms with van der Waals surface area (Å²) >= 11 is 0. The van der Waals surface area contributed by atoms with E-state index in [0.717, 1.165) is 0 Å². The second kappa shape index (κ2) is 4.07. The Bertz CT molecular complexity index is 291. The molecule has 0 unspecified atom stereocenters. The third kappa shape index (κ3) is 2.08. The molecule has 0 aliphatic rings. The molecule has 1 rings (SSSR count). The van der Waals surface area contributed by atoms with Crippen LogP contribution in [-0.4, -0.2) is 17.6 Å². The van der Waals surface area contributed by atoms with Crippen molar-refractivity contribution in [2.24, 2.45) is 0 Å². The molecular weight excluding hydrogens is 170 g/mol. The lowest BCUT2D eigenvalue weighted by Crippen LogP contribution is -2.08. The van der Waals surface area contributed by atoms with Crippen molar-refractivity contribution in [1.29, 1.82) is 0 Å². The predicted molar refractivity (Wildman–Crippen MR) is 46.5 cm³/mol. The van der Waals surface area contributed by atoms with Crippen LogP contribution in [0.4, 0.5) is 0 Å². The Balaban J connectivity index is 2.87. The zero-order valence-electron chi connectivity index (χ0n) is 8.03. The van der Waals surface area contributed by atoms with Gasteiger partial charge in [-0.05, 0) is 6.92 Å². The molecule has 0 aliphatic heterocycles. The third-order valence-corrected chi connectivity index (χ3v) is 1.59. The van der Waals surface area contributed by atoms with E-state index in [1.807, 2.05) is 13.8 Å². The van der Waals surface area contributed by atoms with Gasteiger partial charge < -0.3 is 9.15 Å². The SMILES string of the molecule is CCOC(=O)c1ncoc1C(C)C. The Morgan fingerprint density at radius 3 is 2.92 bits per heavy atom. The van der Waals surface area contributed by atoms with Gasteiger partial charge in [0.05, 0.1) is 6.61 Å². The average Bonchev–Trinajstić information content (AvgIpc) is 2.52. The van der Waals surface area contributed by atoms with Crippen LogP contribution < -0.4 is 0 Å². The maximum absolute atomic E-state index is 11.3. The number of ether oxygens (including phenoxy) is 1. The van der Waals surface area contributed by atoms with Crippen LogP contribution in [0, 0.1) is 0 Å². The van der Waals surface area contributed by atoms with Crippen LogP contribution in [0.15, 0.2) is 10.8 Å². The molecule has 1 aromatic heterocycles. The largest absolute Gasteiger partial charge is 0.461 e. The van der Waals surface area contributed by atoms with Gasteiger partial charge in [-0.25, -0.2) is 9.78 Å². The van der Waals surface area contributed by atoms with E-state index in [2.05, 4.69) is 4.98 Å². The molecule has 0 spiro atoms. The molecule has 0 saturated carbocycles. The van der Waals surface area contributed by atoms with E-state index in [1.165, 1.54) is 6.39 Å². The Kier molecular flexibility index (Phi) is 3.06. The number of nitrogens with zero attached hydrogens (tertiary/aromatic N) is 1. The molecule has 0 amide bonds. The van der Waals surface area contributed by atoms with Gasteiger partial charge in [-0.2, -0.15) is 0 Å². The van der Waals surface area contributed by atoms with Crippen LogP contribution >= 0.6 is 0 Å². The van der Waals surface area contributed by atoms with E-state index in [4.69, 9.17) is 9.15 Å². The summed E-state index contributed by atoms with van der Waals surface area (Å²) in [5.74, 6) is 0.306. The number of hydrogen-bond donors (Lipinski definition) is 0. The van der Waals surface area contributed by atoms with Gasteiger partial charge in [0.2, 0.25) is 0 Å². The molecule has 0 saturated heterocycles. The van der Waals surface area contributed by atoms with Gasteiger partial charge in [-0.3, -0.25) is 0 Å². The zero-order chi connectivity index (χ0) is 9.84. The monoisotopic (exact) mass is 183 g/mol. The van der Waals surface area contributed by atoms with E-state index in [9.17, 15) is 4.79 Å². The maximum atomic E-state index is 11.3. The van der Waals surface area contributed by atoms with Gasteiger partial charge in [-0.15, -0.1) is 0 Å². The quantitative estimate of drug-likeness (QED) is 0.672. The number of aromatic nitrogens is 1. The standard InChI is InChI=1S/C9H13NO3/c1-4-12-9(11)7-8(6(2)3)13-5-10-7/h5-6H,4H2,1-3H3. The highest BCUT2D eigenvalue weighted by atomic mass is 16.5. The Morgan fingerprint density at radius 2 is 2.38 bits per heavy atom. The molecule has 0 fully saturated rings. The molecular formula is C9H13NO3. The lowest BCUT2D eigenvalue weighted by Gasteiger charge is -2.02. The zero-order valence-corrected chi connectivity index (χ0v) is 8.03. The fraction of sp³-hybridized carbons (Fsp3) is 0.556. The van der Waals surface area contributed by atoms with Gasteiger partial charge in [0.1, 0.15) is 5.76 Å². The van der Waals surface area contributed by atoms with Crippen LogP contribution in [0.2, 0.25) is 0 Å². The highest BCUT2D eigenvalue weighted by Crippen LogP contribution is 2.18. The molecule has 13 heavy (non-hydrogen) atoms. The molecule has 0 aromatic carbocycles. The summed E-state index contributed by atoms with van der Waals surface area (Å²) in [7, 11) is 0. The van der Waals surface area contributed by atoms with Gasteiger partial charge in [0, 0.05) is 5.92 Å². The van der Waals surface area contributed by atoms with E-state index in [0.29, 0.717) is 12.4 Å². The summed E-state index contributed by atoms with van der Waals surface area (Å²) < 4.78 is 9.90. The van der Waals surface area contributed by atoms with Crippen molar-refractivity contribution >= 4 is 5.97 Å². The number of esters is 1. The number of oxazole rings is 1. The highest BCUT2D eigenvalue weighted by molar-refractivity contribution is 5.88. The second-order valence-corrected chi connectivity index (χ2v) is 2.94. The van der Waals surface area contributed by atoms with E-state index < -0.39 is 5.97 Å². The third-order valence-electron chi connectivity index (χ3n) is 1.59. The van der Waals surface area contributed by atoms with Crippen molar-refractivity contribution < 1.29 is 13.9 Å². The molecule has 0 aliphatic carbocycles. The van der Waals surface area contributed by atoms with E-state index >= 15 is 0 Å². The van der Waals surface area contributed by atoms with Crippen LogP contribution in [0.25, 0.3) is 0 Å². The maximum Gasteiger partial charge on any atom is 0.360 e. The highest BCUT2D eigenvalue weighted by Gasteiger charge is 2.19. The summed E-state index contributed by atoms with van der Waals surface area (Å²) in [6.45, 7) is 5.97. The number of carbonyl (C=O) groups excluding carboxylic acids is 1. The predicted octanol–water partition coefficient (Wildman–Crippen LogP) is 1.97. The molecule has 1 heterocycles. The van der Waals surface area contributed by atoms with Gasteiger partial charge in [0.25, 0.3) is 0 Å².